The SMILES string of the molecule is CC1(C)OB(c2ccc(Cl)c(F)c2CF)OC1(C)C. The second-order valence-electron chi connectivity index (χ2n) is 5.65. The van der Waals surface area contributed by atoms with Gasteiger partial charge < -0.3 is 9.31 Å². The summed E-state index contributed by atoms with van der Waals surface area (Å²) in [5.41, 5.74) is -0.864. The molecule has 2 rings (SSSR count). The van der Waals surface area contributed by atoms with E-state index < -0.39 is 30.8 Å². The minimum Gasteiger partial charge on any atom is -0.399 e. The summed E-state index contributed by atoms with van der Waals surface area (Å²) in [7, 11) is -0.789. The van der Waals surface area contributed by atoms with E-state index in [1.54, 1.807) is 6.07 Å². The minimum absolute atomic E-state index is 0.104. The van der Waals surface area contributed by atoms with Crippen molar-refractivity contribution in [2.24, 2.45) is 0 Å². The van der Waals surface area contributed by atoms with Crippen LogP contribution in [0, 0.1) is 5.82 Å². The molecule has 1 heterocycles. The van der Waals surface area contributed by atoms with Gasteiger partial charge in [0, 0.05) is 5.56 Å². The van der Waals surface area contributed by atoms with Gasteiger partial charge in [-0.15, -0.1) is 0 Å². The number of hydrogen-bond acceptors (Lipinski definition) is 2. The number of hydrogen-bond donors (Lipinski definition) is 0. The van der Waals surface area contributed by atoms with Crippen LogP contribution in [0.3, 0.4) is 0 Å². The van der Waals surface area contributed by atoms with Gasteiger partial charge in [0.05, 0.1) is 16.2 Å². The van der Waals surface area contributed by atoms with E-state index in [-0.39, 0.29) is 10.6 Å². The van der Waals surface area contributed by atoms with Crippen molar-refractivity contribution >= 4 is 24.2 Å². The van der Waals surface area contributed by atoms with E-state index in [9.17, 15) is 8.78 Å². The second kappa shape index (κ2) is 4.72. The van der Waals surface area contributed by atoms with Crippen molar-refractivity contribution in [3.63, 3.8) is 0 Å². The Kier molecular flexibility index (Phi) is 3.67. The van der Waals surface area contributed by atoms with E-state index in [0.29, 0.717) is 5.46 Å². The van der Waals surface area contributed by atoms with Gasteiger partial charge in [-0.3, -0.25) is 0 Å². The molecule has 6 heteroatoms. The molecule has 0 bridgehead atoms. The quantitative estimate of drug-likeness (QED) is 0.778. The summed E-state index contributed by atoms with van der Waals surface area (Å²) in [6.45, 7) is 6.58. The highest BCUT2D eigenvalue weighted by molar-refractivity contribution is 6.62. The summed E-state index contributed by atoms with van der Waals surface area (Å²) < 4.78 is 38.5. The van der Waals surface area contributed by atoms with Crippen molar-refractivity contribution in [3.05, 3.63) is 28.5 Å². The summed E-state index contributed by atoms with van der Waals surface area (Å²) in [6, 6.07) is 2.93. The molecular weight excluding hydrogens is 272 g/mol. The molecule has 0 atom stereocenters. The summed E-state index contributed by atoms with van der Waals surface area (Å²) in [5, 5.41) is -0.104. The van der Waals surface area contributed by atoms with E-state index in [0.717, 1.165) is 0 Å². The van der Waals surface area contributed by atoms with Crippen molar-refractivity contribution in [1.29, 1.82) is 0 Å². The van der Waals surface area contributed by atoms with Crippen LogP contribution in [0.25, 0.3) is 0 Å². The predicted octanol–water partition coefficient (Wildman–Crippen LogP) is 3.25. The first-order valence-corrected chi connectivity index (χ1v) is 6.46. The fraction of sp³-hybridized carbons (Fsp3) is 0.538. The average molecular weight is 289 g/mol. The summed E-state index contributed by atoms with van der Waals surface area (Å²) in [4.78, 5) is 0. The highest BCUT2D eigenvalue weighted by Crippen LogP contribution is 2.37. The van der Waals surface area contributed by atoms with Crippen LogP contribution < -0.4 is 5.46 Å². The monoisotopic (exact) mass is 288 g/mol. The van der Waals surface area contributed by atoms with Gasteiger partial charge >= 0.3 is 7.12 Å². The maximum atomic E-state index is 13.8. The van der Waals surface area contributed by atoms with Crippen LogP contribution in [0.5, 0.6) is 0 Å². The lowest BCUT2D eigenvalue weighted by molar-refractivity contribution is 0.00578. The molecule has 0 saturated carbocycles. The van der Waals surface area contributed by atoms with E-state index in [1.807, 2.05) is 27.7 Å². The number of benzene rings is 1. The topological polar surface area (TPSA) is 18.5 Å². The molecule has 0 N–H and O–H groups in total. The Morgan fingerprint density at radius 2 is 1.68 bits per heavy atom. The fourth-order valence-electron chi connectivity index (χ4n) is 1.93. The highest BCUT2D eigenvalue weighted by atomic mass is 35.5. The molecule has 0 unspecified atom stereocenters. The Morgan fingerprint density at radius 1 is 1.16 bits per heavy atom. The molecule has 0 aliphatic carbocycles. The Morgan fingerprint density at radius 3 is 2.16 bits per heavy atom. The van der Waals surface area contributed by atoms with Gasteiger partial charge in [0.15, 0.2) is 0 Å². The molecule has 0 aromatic heterocycles. The Hall–Kier alpha value is -0.645. The maximum Gasteiger partial charge on any atom is 0.495 e. The molecule has 19 heavy (non-hydrogen) atoms. The average Bonchev–Trinajstić information content (AvgIpc) is 2.51. The van der Waals surface area contributed by atoms with Gasteiger partial charge in [-0.25, -0.2) is 8.78 Å². The summed E-state index contributed by atoms with van der Waals surface area (Å²) in [5.74, 6) is -0.753. The van der Waals surface area contributed by atoms with Crippen LogP contribution >= 0.6 is 11.6 Å². The Balaban J connectivity index is 2.43. The van der Waals surface area contributed by atoms with Crippen LogP contribution in [0.2, 0.25) is 5.02 Å². The number of rotatable bonds is 2. The van der Waals surface area contributed by atoms with Crippen LogP contribution in [-0.2, 0) is 16.0 Å². The van der Waals surface area contributed by atoms with Gasteiger partial charge in [-0.1, -0.05) is 17.7 Å². The highest BCUT2D eigenvalue weighted by Gasteiger charge is 2.52. The van der Waals surface area contributed by atoms with Crippen LogP contribution in [0.15, 0.2) is 12.1 Å². The lowest BCUT2D eigenvalue weighted by atomic mass is 9.76. The van der Waals surface area contributed by atoms with Gasteiger partial charge in [0.1, 0.15) is 12.5 Å². The van der Waals surface area contributed by atoms with Crippen molar-refractivity contribution in [2.75, 3.05) is 0 Å². The standard InChI is InChI=1S/C13H16BClF2O2/c1-12(2)13(3,4)19-14(18-12)9-5-6-10(15)11(17)8(9)7-16/h5-6H,7H2,1-4H3. The smallest absolute Gasteiger partial charge is 0.399 e. The van der Waals surface area contributed by atoms with E-state index in [2.05, 4.69) is 0 Å². The van der Waals surface area contributed by atoms with Gasteiger partial charge in [0.2, 0.25) is 0 Å². The first-order valence-electron chi connectivity index (χ1n) is 6.08. The van der Waals surface area contributed by atoms with Crippen molar-refractivity contribution in [1.82, 2.24) is 0 Å². The first kappa shape index (κ1) is 14.8. The Labute approximate surface area is 117 Å². The molecule has 1 aliphatic rings. The molecule has 1 fully saturated rings. The third-order valence-electron chi connectivity index (χ3n) is 3.87. The van der Waals surface area contributed by atoms with Crippen LogP contribution in [-0.4, -0.2) is 18.3 Å². The zero-order valence-corrected chi connectivity index (χ0v) is 12.1. The molecule has 0 spiro atoms. The van der Waals surface area contributed by atoms with Crippen LogP contribution in [0.1, 0.15) is 33.3 Å². The first-order chi connectivity index (χ1) is 8.69. The van der Waals surface area contributed by atoms with Gasteiger partial charge in [-0.05, 0) is 39.2 Å². The third-order valence-corrected chi connectivity index (χ3v) is 4.17. The molecule has 1 aromatic carbocycles. The molecule has 1 aliphatic heterocycles. The molecule has 1 aromatic rings. The van der Waals surface area contributed by atoms with Gasteiger partial charge in [0.25, 0.3) is 0 Å². The third kappa shape index (κ3) is 2.39. The maximum absolute atomic E-state index is 13.8. The van der Waals surface area contributed by atoms with Crippen molar-refractivity contribution in [2.45, 2.75) is 45.6 Å². The molecule has 104 valence electrons. The van der Waals surface area contributed by atoms with Crippen LogP contribution in [0.4, 0.5) is 8.78 Å². The molecular formula is C13H16BClF2O2. The zero-order valence-electron chi connectivity index (χ0n) is 11.4. The minimum atomic E-state index is -0.953. The summed E-state index contributed by atoms with van der Waals surface area (Å²) >= 11 is 5.66. The zero-order chi connectivity index (χ0) is 14.4. The van der Waals surface area contributed by atoms with E-state index in [4.69, 9.17) is 20.9 Å². The summed E-state index contributed by atoms with van der Waals surface area (Å²) in [6.07, 6.45) is 0. The number of alkyl halides is 1. The largest absolute Gasteiger partial charge is 0.495 e. The Bertz CT molecular complexity index is 490. The second-order valence-corrected chi connectivity index (χ2v) is 6.06. The van der Waals surface area contributed by atoms with Crippen molar-refractivity contribution < 1.29 is 18.1 Å². The fourth-order valence-corrected chi connectivity index (χ4v) is 2.11. The lowest BCUT2D eigenvalue weighted by Crippen LogP contribution is -2.41. The molecule has 0 amide bonds. The van der Waals surface area contributed by atoms with Crippen molar-refractivity contribution in [3.8, 4) is 0 Å². The predicted molar refractivity (Wildman–Crippen MR) is 71.9 cm³/mol. The molecule has 0 radical (unpaired) electrons. The molecule has 1 saturated heterocycles. The van der Waals surface area contributed by atoms with Gasteiger partial charge in [-0.2, -0.15) is 0 Å². The van der Waals surface area contributed by atoms with E-state index >= 15 is 0 Å². The lowest BCUT2D eigenvalue weighted by Gasteiger charge is -2.32. The number of halogens is 3. The molecule has 2 nitrogen and oxygen atoms in total. The van der Waals surface area contributed by atoms with E-state index in [1.165, 1.54) is 6.07 Å². The normalized spacial score (nSPS) is 20.9.